The third kappa shape index (κ3) is 5.15. The molecule has 8 nitrogen and oxygen atoms in total. The molecule has 0 atom stereocenters. The van der Waals surface area contributed by atoms with Gasteiger partial charge in [-0.3, -0.25) is 4.79 Å². The second kappa shape index (κ2) is 9.69. The number of nitriles is 1. The van der Waals surface area contributed by atoms with Gasteiger partial charge in [-0.1, -0.05) is 12.1 Å². The van der Waals surface area contributed by atoms with Crippen molar-refractivity contribution in [2.24, 2.45) is 0 Å². The van der Waals surface area contributed by atoms with Gasteiger partial charge in [-0.15, -0.1) is 0 Å². The Hall–Kier alpha value is -3.96. The highest BCUT2D eigenvalue weighted by atomic mass is 16.5. The standard InChI is InChI=1S/C23H22N6O2/c24-10-12-25-22(30)18-3-1-17(2-4-18)21-9-11-26-23(28-21)27-19-5-7-20(8-6-19)29-13-15-31-16-14-29/h1-9,11H,12-16H2,(H,25,30)(H,26,27,28)/i12D2,15D2,16D2. The lowest BCUT2D eigenvalue weighted by Crippen LogP contribution is -2.36. The summed E-state index contributed by atoms with van der Waals surface area (Å²) in [5.41, 5.74) is 2.77. The Morgan fingerprint density at radius 1 is 1.16 bits per heavy atom. The van der Waals surface area contributed by atoms with Crippen molar-refractivity contribution in [2.75, 3.05) is 42.9 Å². The van der Waals surface area contributed by atoms with Gasteiger partial charge >= 0.3 is 0 Å². The minimum atomic E-state index is -2.47. The Morgan fingerprint density at radius 3 is 2.61 bits per heavy atom. The summed E-state index contributed by atoms with van der Waals surface area (Å²) < 4.78 is 50.8. The largest absolute Gasteiger partial charge is 0.378 e. The van der Waals surface area contributed by atoms with E-state index in [0.717, 1.165) is 0 Å². The van der Waals surface area contributed by atoms with Crippen molar-refractivity contribution in [3.63, 3.8) is 0 Å². The van der Waals surface area contributed by atoms with Crippen LogP contribution in [-0.2, 0) is 4.74 Å². The molecule has 31 heavy (non-hydrogen) atoms. The van der Waals surface area contributed by atoms with Crippen LogP contribution in [0.25, 0.3) is 11.3 Å². The van der Waals surface area contributed by atoms with Gasteiger partial charge in [-0.05, 0) is 42.5 Å². The molecule has 156 valence electrons. The number of hydrogen-bond acceptors (Lipinski definition) is 7. The summed E-state index contributed by atoms with van der Waals surface area (Å²) >= 11 is 0. The van der Waals surface area contributed by atoms with Gasteiger partial charge in [0.1, 0.15) is 6.50 Å². The number of aromatic nitrogens is 2. The van der Waals surface area contributed by atoms with Gasteiger partial charge < -0.3 is 20.3 Å². The molecule has 3 aromatic rings. The summed E-state index contributed by atoms with van der Waals surface area (Å²) in [5, 5.41) is 13.8. The molecule has 1 saturated heterocycles. The molecule has 1 amide bonds. The number of benzene rings is 2. The zero-order chi connectivity index (χ0) is 26.8. The Bertz CT molecular complexity index is 1310. The molecule has 1 aromatic heterocycles. The summed E-state index contributed by atoms with van der Waals surface area (Å²) in [6.45, 7) is -6.89. The molecule has 0 bridgehead atoms. The number of nitrogens with zero attached hydrogens (tertiary/aromatic N) is 4. The van der Waals surface area contributed by atoms with Crippen LogP contribution in [-0.4, -0.2) is 48.6 Å². The summed E-state index contributed by atoms with van der Waals surface area (Å²) in [4.78, 5) is 22.4. The molecule has 1 fully saturated rings. The normalized spacial score (nSPS) is 19.9. The van der Waals surface area contributed by atoms with Crippen LogP contribution in [0, 0.1) is 11.3 Å². The van der Waals surface area contributed by atoms with E-state index in [1.54, 1.807) is 53.6 Å². The number of carbonyl (C=O) groups excluding carboxylic acids is 1. The van der Waals surface area contributed by atoms with Crippen molar-refractivity contribution >= 4 is 23.2 Å². The smallest absolute Gasteiger partial charge is 0.252 e. The number of amides is 1. The van der Waals surface area contributed by atoms with Crippen LogP contribution in [0.1, 0.15) is 18.6 Å². The van der Waals surface area contributed by atoms with Gasteiger partial charge in [0, 0.05) is 41.8 Å². The lowest BCUT2D eigenvalue weighted by Gasteiger charge is -2.28. The van der Waals surface area contributed by atoms with E-state index in [1.165, 1.54) is 18.2 Å². The van der Waals surface area contributed by atoms with Crippen molar-refractivity contribution in [1.29, 1.82) is 5.26 Å². The highest BCUT2D eigenvalue weighted by Gasteiger charge is 2.11. The van der Waals surface area contributed by atoms with Gasteiger partial charge in [-0.25, -0.2) is 9.97 Å². The topological polar surface area (TPSA) is 103 Å². The molecule has 0 unspecified atom stereocenters. The Balaban J connectivity index is 1.44. The number of anilines is 3. The fourth-order valence-corrected chi connectivity index (χ4v) is 2.92. The minimum absolute atomic E-state index is 0.101. The maximum atomic E-state index is 12.1. The van der Waals surface area contributed by atoms with Crippen molar-refractivity contribution in [2.45, 2.75) is 0 Å². The highest BCUT2D eigenvalue weighted by molar-refractivity contribution is 5.94. The number of morpholine rings is 1. The first kappa shape index (κ1) is 14.1. The summed E-state index contributed by atoms with van der Waals surface area (Å²) in [6.07, 6.45) is 1.57. The number of carbonyl (C=O) groups is 1. The van der Waals surface area contributed by atoms with E-state index in [1.807, 2.05) is 5.32 Å². The lowest BCUT2D eigenvalue weighted by atomic mass is 10.1. The first-order valence-electron chi connectivity index (χ1n) is 12.3. The zero-order valence-electron chi connectivity index (χ0n) is 22.3. The average Bonchev–Trinajstić information content (AvgIpc) is 2.82. The molecule has 1 aliphatic heterocycles. The van der Waals surface area contributed by atoms with Crippen LogP contribution in [0.5, 0.6) is 0 Å². The fourth-order valence-electron chi connectivity index (χ4n) is 2.92. The van der Waals surface area contributed by atoms with Crippen LogP contribution in [0.2, 0.25) is 0 Å². The van der Waals surface area contributed by atoms with Crippen LogP contribution in [0.15, 0.2) is 60.8 Å². The molecule has 0 aliphatic carbocycles. The third-order valence-electron chi connectivity index (χ3n) is 4.47. The predicted octanol–water partition coefficient (Wildman–Crippen LogP) is 2.98. The van der Waals surface area contributed by atoms with Gasteiger partial charge in [-0.2, -0.15) is 5.26 Å². The zero-order valence-corrected chi connectivity index (χ0v) is 16.3. The molecule has 0 saturated carbocycles. The van der Waals surface area contributed by atoms with Crippen LogP contribution in [0.4, 0.5) is 17.3 Å². The van der Waals surface area contributed by atoms with E-state index >= 15 is 0 Å². The van der Waals surface area contributed by atoms with E-state index in [-0.39, 0.29) is 18.7 Å². The molecule has 1 aliphatic rings. The summed E-state index contributed by atoms with van der Waals surface area (Å²) in [6, 6.07) is 16.3. The molecule has 8 heteroatoms. The minimum Gasteiger partial charge on any atom is -0.378 e. The van der Waals surface area contributed by atoms with E-state index < -0.39 is 25.5 Å². The predicted molar refractivity (Wildman–Crippen MR) is 118 cm³/mol. The van der Waals surface area contributed by atoms with E-state index in [4.69, 9.17) is 18.2 Å². The van der Waals surface area contributed by atoms with Crippen molar-refractivity contribution in [3.05, 3.63) is 66.4 Å². The monoisotopic (exact) mass is 420 g/mol. The summed E-state index contributed by atoms with van der Waals surface area (Å²) in [7, 11) is 0. The van der Waals surface area contributed by atoms with Crippen molar-refractivity contribution in [3.8, 4) is 17.3 Å². The van der Waals surface area contributed by atoms with Crippen LogP contribution in [0.3, 0.4) is 0 Å². The van der Waals surface area contributed by atoms with Crippen LogP contribution >= 0.6 is 0 Å². The van der Waals surface area contributed by atoms with Crippen molar-refractivity contribution < 1.29 is 17.8 Å². The van der Waals surface area contributed by atoms with Gasteiger partial charge in [0.2, 0.25) is 5.95 Å². The van der Waals surface area contributed by atoms with Crippen LogP contribution < -0.4 is 15.5 Å². The first-order valence-corrected chi connectivity index (χ1v) is 9.34. The molecule has 4 rings (SSSR count). The van der Waals surface area contributed by atoms with Gasteiger partial charge in [0.05, 0.1) is 33.1 Å². The Labute approximate surface area is 188 Å². The molecule has 2 N–H and O–H groups in total. The average molecular weight is 421 g/mol. The number of hydrogen-bond donors (Lipinski definition) is 2. The fraction of sp³-hybridized carbons (Fsp3) is 0.217. The quantitative estimate of drug-likeness (QED) is 0.591. The SMILES string of the molecule is [2H]C([2H])(C#N)NC(=O)c1ccc(-c2ccnc(Nc3ccc(N4CC([2H])([2H])OC([2H])([2H])C4)cc3)n2)cc1. The van der Waals surface area contributed by atoms with Gasteiger partial charge in [0.25, 0.3) is 5.91 Å². The number of rotatable bonds is 6. The Morgan fingerprint density at radius 2 is 1.90 bits per heavy atom. The molecular formula is C23H22N6O2. The van der Waals surface area contributed by atoms with Gasteiger partial charge in [0.15, 0.2) is 0 Å². The molecule has 0 spiro atoms. The number of nitrogens with one attached hydrogen (secondary N) is 2. The number of ether oxygens (including phenoxy) is 1. The molecular weight excluding hydrogens is 392 g/mol. The van der Waals surface area contributed by atoms with E-state index in [9.17, 15) is 4.79 Å². The molecule has 2 aromatic carbocycles. The third-order valence-corrected chi connectivity index (χ3v) is 4.47. The maximum absolute atomic E-state index is 12.1. The molecule has 2 heterocycles. The lowest BCUT2D eigenvalue weighted by molar-refractivity contribution is 0.0958. The Kier molecular flexibility index (Phi) is 4.41. The van der Waals surface area contributed by atoms with Crippen molar-refractivity contribution in [1.82, 2.24) is 15.3 Å². The second-order valence-electron chi connectivity index (χ2n) is 6.45. The maximum Gasteiger partial charge on any atom is 0.252 e. The summed E-state index contributed by atoms with van der Waals surface area (Å²) in [5.74, 6) is -0.399. The molecule has 0 radical (unpaired) electrons. The highest BCUT2D eigenvalue weighted by Crippen LogP contribution is 2.22. The van der Waals surface area contributed by atoms with E-state index in [0.29, 0.717) is 28.6 Å². The second-order valence-corrected chi connectivity index (χ2v) is 6.45. The first-order chi connectivity index (χ1) is 17.3. The van der Waals surface area contributed by atoms with E-state index in [2.05, 4.69) is 15.3 Å².